The highest BCUT2D eigenvalue weighted by molar-refractivity contribution is 6.04. The van der Waals surface area contributed by atoms with Crippen LogP contribution in [0.5, 0.6) is 5.75 Å². The van der Waals surface area contributed by atoms with E-state index in [1.807, 2.05) is 13.0 Å². The predicted molar refractivity (Wildman–Crippen MR) is 94.1 cm³/mol. The summed E-state index contributed by atoms with van der Waals surface area (Å²) < 4.78 is 18.0. The van der Waals surface area contributed by atoms with Crippen LogP contribution in [0, 0.1) is 12.7 Å². The molecule has 0 aliphatic rings. The molecule has 2 aromatic carbocycles. The maximum atomic E-state index is 12.8. The Kier molecular flexibility index (Phi) is 6.51. The van der Waals surface area contributed by atoms with E-state index in [9.17, 15) is 14.0 Å². The predicted octanol–water partition coefficient (Wildman–Crippen LogP) is 2.83. The number of ether oxygens (including phenoxy) is 1. The SMILES string of the molecule is COc1ccc(C)cc1NC(=O)CC(=O)NCCc1ccc(F)cc1. The molecule has 0 fully saturated rings. The Balaban J connectivity index is 1.79. The van der Waals surface area contributed by atoms with Crippen LogP contribution in [0.25, 0.3) is 0 Å². The number of benzene rings is 2. The van der Waals surface area contributed by atoms with Gasteiger partial charge in [-0.2, -0.15) is 0 Å². The number of carbonyl (C=O) groups is 2. The van der Waals surface area contributed by atoms with E-state index in [1.54, 1.807) is 24.3 Å². The molecular formula is C19H21FN2O3. The molecule has 0 spiro atoms. The topological polar surface area (TPSA) is 67.4 Å². The van der Waals surface area contributed by atoms with Gasteiger partial charge in [0.05, 0.1) is 12.8 Å². The van der Waals surface area contributed by atoms with Gasteiger partial charge in [0.2, 0.25) is 11.8 Å². The zero-order valence-electron chi connectivity index (χ0n) is 14.3. The van der Waals surface area contributed by atoms with Crippen molar-refractivity contribution in [3.05, 3.63) is 59.4 Å². The van der Waals surface area contributed by atoms with Crippen molar-refractivity contribution in [1.29, 1.82) is 0 Å². The minimum absolute atomic E-state index is 0.277. The van der Waals surface area contributed by atoms with Crippen LogP contribution in [0.15, 0.2) is 42.5 Å². The van der Waals surface area contributed by atoms with Crippen LogP contribution in [0.4, 0.5) is 10.1 Å². The number of rotatable bonds is 7. The molecule has 2 amide bonds. The number of aryl methyl sites for hydroxylation is 1. The zero-order valence-corrected chi connectivity index (χ0v) is 14.3. The lowest BCUT2D eigenvalue weighted by Gasteiger charge is -2.11. The fraction of sp³-hybridized carbons (Fsp3) is 0.263. The van der Waals surface area contributed by atoms with Gasteiger partial charge < -0.3 is 15.4 Å². The molecule has 0 saturated heterocycles. The quantitative estimate of drug-likeness (QED) is 0.759. The largest absolute Gasteiger partial charge is 0.495 e. The molecule has 2 aromatic rings. The van der Waals surface area contributed by atoms with Crippen LogP contribution in [-0.2, 0) is 16.0 Å². The first-order valence-corrected chi connectivity index (χ1v) is 7.93. The van der Waals surface area contributed by atoms with Crippen LogP contribution >= 0.6 is 0 Å². The van der Waals surface area contributed by atoms with Crippen molar-refractivity contribution in [2.24, 2.45) is 0 Å². The first-order valence-electron chi connectivity index (χ1n) is 7.93. The lowest BCUT2D eigenvalue weighted by atomic mass is 10.1. The fourth-order valence-electron chi connectivity index (χ4n) is 2.32. The molecule has 6 heteroatoms. The Labute approximate surface area is 146 Å². The second kappa shape index (κ2) is 8.82. The molecule has 0 heterocycles. The van der Waals surface area contributed by atoms with Crippen molar-refractivity contribution >= 4 is 17.5 Å². The second-order valence-electron chi connectivity index (χ2n) is 5.66. The van der Waals surface area contributed by atoms with Crippen molar-refractivity contribution in [3.63, 3.8) is 0 Å². The van der Waals surface area contributed by atoms with Gasteiger partial charge >= 0.3 is 0 Å². The van der Waals surface area contributed by atoms with E-state index in [4.69, 9.17) is 4.74 Å². The molecule has 0 aliphatic heterocycles. The summed E-state index contributed by atoms with van der Waals surface area (Å²) in [6.07, 6.45) is 0.292. The highest BCUT2D eigenvalue weighted by Gasteiger charge is 2.12. The van der Waals surface area contributed by atoms with Crippen LogP contribution in [0.1, 0.15) is 17.5 Å². The van der Waals surface area contributed by atoms with Crippen LogP contribution in [0.3, 0.4) is 0 Å². The molecule has 0 unspecified atom stereocenters. The molecule has 2 N–H and O–H groups in total. The van der Waals surface area contributed by atoms with E-state index in [-0.39, 0.29) is 18.1 Å². The monoisotopic (exact) mass is 344 g/mol. The van der Waals surface area contributed by atoms with E-state index in [0.29, 0.717) is 24.4 Å². The van der Waals surface area contributed by atoms with Gasteiger partial charge in [-0.3, -0.25) is 9.59 Å². The normalized spacial score (nSPS) is 10.2. The number of methoxy groups -OCH3 is 1. The van der Waals surface area contributed by atoms with Gasteiger partial charge in [-0.1, -0.05) is 18.2 Å². The summed E-state index contributed by atoms with van der Waals surface area (Å²) in [6.45, 7) is 2.28. The van der Waals surface area contributed by atoms with Gasteiger partial charge in [0.15, 0.2) is 0 Å². The summed E-state index contributed by atoms with van der Waals surface area (Å²) in [5, 5.41) is 5.36. The van der Waals surface area contributed by atoms with Gasteiger partial charge in [-0.15, -0.1) is 0 Å². The average molecular weight is 344 g/mol. The third-order valence-electron chi connectivity index (χ3n) is 3.60. The van der Waals surface area contributed by atoms with E-state index in [2.05, 4.69) is 10.6 Å². The van der Waals surface area contributed by atoms with Crippen molar-refractivity contribution in [2.75, 3.05) is 19.0 Å². The number of hydrogen-bond acceptors (Lipinski definition) is 3. The average Bonchev–Trinajstić information content (AvgIpc) is 2.57. The van der Waals surface area contributed by atoms with Crippen molar-refractivity contribution < 1.29 is 18.7 Å². The van der Waals surface area contributed by atoms with Crippen LogP contribution < -0.4 is 15.4 Å². The van der Waals surface area contributed by atoms with Gasteiger partial charge in [0, 0.05) is 6.54 Å². The summed E-state index contributed by atoms with van der Waals surface area (Å²) in [5.41, 5.74) is 2.42. The number of anilines is 1. The Morgan fingerprint density at radius 1 is 1.08 bits per heavy atom. The number of carbonyl (C=O) groups excluding carboxylic acids is 2. The first kappa shape index (κ1) is 18.4. The standard InChI is InChI=1S/C19H21FN2O3/c1-13-3-8-17(25-2)16(11-13)22-19(24)12-18(23)21-10-9-14-4-6-15(20)7-5-14/h3-8,11H,9-10,12H2,1-2H3,(H,21,23)(H,22,24). The highest BCUT2D eigenvalue weighted by Crippen LogP contribution is 2.25. The highest BCUT2D eigenvalue weighted by atomic mass is 19.1. The number of hydrogen-bond donors (Lipinski definition) is 2. The summed E-state index contributed by atoms with van der Waals surface area (Å²) >= 11 is 0. The van der Waals surface area contributed by atoms with Gasteiger partial charge in [-0.05, 0) is 48.7 Å². The van der Waals surface area contributed by atoms with Crippen LogP contribution in [-0.4, -0.2) is 25.5 Å². The maximum Gasteiger partial charge on any atom is 0.233 e. The molecule has 0 radical (unpaired) electrons. The zero-order chi connectivity index (χ0) is 18.2. The number of amides is 2. The van der Waals surface area contributed by atoms with Crippen molar-refractivity contribution in [3.8, 4) is 5.75 Å². The van der Waals surface area contributed by atoms with E-state index < -0.39 is 5.91 Å². The smallest absolute Gasteiger partial charge is 0.233 e. The third kappa shape index (κ3) is 5.91. The number of halogens is 1. The summed E-state index contributed by atoms with van der Waals surface area (Å²) in [6, 6.07) is 11.5. The molecule has 132 valence electrons. The van der Waals surface area contributed by atoms with Gasteiger partial charge in [0.1, 0.15) is 18.0 Å². The molecule has 0 saturated carbocycles. The van der Waals surface area contributed by atoms with E-state index in [0.717, 1.165) is 11.1 Å². The molecule has 25 heavy (non-hydrogen) atoms. The lowest BCUT2D eigenvalue weighted by molar-refractivity contribution is -0.126. The summed E-state index contributed by atoms with van der Waals surface area (Å²) in [7, 11) is 1.52. The van der Waals surface area contributed by atoms with Gasteiger partial charge in [0.25, 0.3) is 0 Å². The van der Waals surface area contributed by atoms with Crippen LogP contribution in [0.2, 0.25) is 0 Å². The molecule has 2 rings (SSSR count). The van der Waals surface area contributed by atoms with Crippen molar-refractivity contribution in [2.45, 2.75) is 19.8 Å². The molecule has 0 aliphatic carbocycles. The minimum atomic E-state index is -0.414. The second-order valence-corrected chi connectivity index (χ2v) is 5.66. The minimum Gasteiger partial charge on any atom is -0.495 e. The lowest BCUT2D eigenvalue weighted by Crippen LogP contribution is -2.29. The summed E-state index contributed by atoms with van der Waals surface area (Å²) in [4.78, 5) is 23.8. The maximum absolute atomic E-state index is 12.8. The Bertz CT molecular complexity index is 745. The van der Waals surface area contributed by atoms with E-state index >= 15 is 0 Å². The molecular weight excluding hydrogens is 323 g/mol. The Hall–Kier alpha value is -2.89. The molecule has 0 atom stereocenters. The number of nitrogens with one attached hydrogen (secondary N) is 2. The molecule has 0 bridgehead atoms. The summed E-state index contributed by atoms with van der Waals surface area (Å²) in [5.74, 6) is -0.541. The van der Waals surface area contributed by atoms with Gasteiger partial charge in [-0.25, -0.2) is 4.39 Å². The Morgan fingerprint density at radius 2 is 1.80 bits per heavy atom. The molecule has 0 aromatic heterocycles. The first-order chi connectivity index (χ1) is 12.0. The Morgan fingerprint density at radius 3 is 2.48 bits per heavy atom. The van der Waals surface area contributed by atoms with E-state index in [1.165, 1.54) is 19.2 Å². The van der Waals surface area contributed by atoms with Crippen molar-refractivity contribution in [1.82, 2.24) is 5.32 Å². The third-order valence-corrected chi connectivity index (χ3v) is 3.60. The molecule has 5 nitrogen and oxygen atoms in total. The fourth-order valence-corrected chi connectivity index (χ4v) is 2.32.